The van der Waals surface area contributed by atoms with Crippen LogP contribution in [0.1, 0.15) is 50.7 Å². The zero-order valence-electron chi connectivity index (χ0n) is 67.7. The van der Waals surface area contributed by atoms with E-state index in [0.717, 1.165) is 0 Å². The average molecular weight is 829 g/mol. The molecule has 5 heteroatoms. The van der Waals surface area contributed by atoms with Gasteiger partial charge in [-0.2, -0.15) is 9.97 Å². The molecule has 0 radical (unpaired) electrons. The van der Waals surface area contributed by atoms with Crippen LogP contribution in [0.15, 0.2) is 224 Å². The lowest BCUT2D eigenvalue weighted by Gasteiger charge is -2.14. The topological polar surface area (TPSA) is 48.5 Å². The molecule has 0 spiro atoms. The Morgan fingerprint density at radius 1 is 0.290 bits per heavy atom. The predicted molar refractivity (Wildman–Crippen MR) is 256 cm³/mol. The van der Waals surface area contributed by atoms with E-state index < -0.39 is 335 Å². The number of nitrogens with zero attached hydrogens (tertiary/aromatic N) is 5. The molecule has 3 aromatic heterocycles. The molecule has 0 bridgehead atoms. The van der Waals surface area contributed by atoms with Gasteiger partial charge in [0.2, 0.25) is 5.95 Å². The monoisotopic (exact) mass is 829 g/mol. The number of hydrogen-bond acceptors (Lipinski definition) is 3. The van der Waals surface area contributed by atoms with E-state index in [9.17, 15) is 20.6 Å². The van der Waals surface area contributed by atoms with Crippen LogP contribution >= 0.6 is 0 Å². The van der Waals surface area contributed by atoms with Crippen LogP contribution in [0.25, 0.3) is 111 Å². The summed E-state index contributed by atoms with van der Waals surface area (Å²) in [6.45, 7) is 0. The van der Waals surface area contributed by atoms with Crippen molar-refractivity contribution in [1.29, 1.82) is 0 Å². The summed E-state index contributed by atoms with van der Waals surface area (Å²) < 4.78 is 337. The second kappa shape index (κ2) is 14.7. The van der Waals surface area contributed by atoms with Crippen LogP contribution in [0.2, 0.25) is 0 Å². The van der Waals surface area contributed by atoms with Crippen molar-refractivity contribution in [2.24, 2.45) is 0 Å². The second-order valence-electron chi connectivity index (χ2n) is 12.8. The number of para-hydroxylation sites is 2. The van der Waals surface area contributed by atoms with Crippen molar-refractivity contribution in [1.82, 2.24) is 24.1 Å². The van der Waals surface area contributed by atoms with Crippen molar-refractivity contribution in [2.45, 2.75) is 0 Å². The van der Waals surface area contributed by atoms with Crippen LogP contribution in [-0.4, -0.2) is 24.1 Å². The van der Waals surface area contributed by atoms with Crippen LogP contribution in [0.4, 0.5) is 0 Å². The minimum atomic E-state index is -1.20. The molecule has 0 fully saturated rings. The van der Waals surface area contributed by atoms with E-state index in [2.05, 4.69) is 15.0 Å². The van der Waals surface area contributed by atoms with Crippen molar-refractivity contribution in [3.8, 4) is 67.8 Å². The average Bonchev–Trinajstić information content (AvgIpc) is 1.52. The summed E-state index contributed by atoms with van der Waals surface area (Å²) >= 11 is 0. The summed E-state index contributed by atoms with van der Waals surface area (Å²) in [6, 6.07) is -39.3. The van der Waals surface area contributed by atoms with E-state index in [-0.39, 0.29) is 0 Å². The molecule has 12 rings (SSSR count). The van der Waals surface area contributed by atoms with Gasteiger partial charge in [-0.3, -0.25) is 4.57 Å². The Bertz CT molecular complexity index is 5720. The van der Waals surface area contributed by atoms with Crippen LogP contribution < -0.4 is 0 Å². The summed E-state index contributed by atoms with van der Waals surface area (Å²) in [5, 5.41) is -3.00. The van der Waals surface area contributed by atoms with E-state index >= 15 is 0 Å². The molecule has 9 aromatic carbocycles. The third kappa shape index (κ3) is 5.98. The zero-order chi connectivity index (χ0) is 73.2. The minimum Gasteiger partial charge on any atom is -0.307 e. The number of aromatic nitrogens is 5. The highest BCUT2D eigenvalue weighted by Crippen LogP contribution is 2.42. The quantitative estimate of drug-likeness (QED) is 0.161. The standard InChI is InChI=1S/C57H37N5/c1-4-16-38(17-5-1)41-30-32-42(33-31-41)55-58-56(45-24-14-22-43(36-45)39-18-6-2-7-19-39)60-57(59-55)62-52-29-13-11-27-48(52)50-35-34-49-47-26-10-12-28-51(47)61(53(49)54(50)62)46-25-15-23-44(37-46)40-20-8-3-9-21-40/h1-37H/i1D,2D,3D,4D,5D,6D,7D,8D,9D,10D,11D,12D,13D,14D,15D,16D,17D,18D,19D,20D,21D,22D,23D,24D,25D,26D,27D,28D,29D,30D,31D,32D,33D,34D,35D,36D,37D. The van der Waals surface area contributed by atoms with Crippen molar-refractivity contribution >= 4 is 43.6 Å². The normalized spacial score (nSPS) is 19.9. The van der Waals surface area contributed by atoms with Crippen LogP contribution in [0, 0.1) is 0 Å². The lowest BCUT2D eigenvalue weighted by Crippen LogP contribution is -2.07. The first-order valence-electron chi connectivity index (χ1n) is 36.4. The summed E-state index contributed by atoms with van der Waals surface area (Å²) in [5.74, 6) is -3.43. The fourth-order valence-corrected chi connectivity index (χ4v) is 6.75. The van der Waals surface area contributed by atoms with E-state index in [1.807, 2.05) is 0 Å². The van der Waals surface area contributed by atoms with Gasteiger partial charge in [0.05, 0.1) is 72.8 Å². The largest absolute Gasteiger partial charge is 0.307 e. The minimum absolute atomic E-state index is 0.634. The lowest BCUT2D eigenvalue weighted by molar-refractivity contribution is 0.953. The number of fused-ring (bicyclic) bond motifs is 7. The highest BCUT2D eigenvalue weighted by Gasteiger charge is 2.24. The zero-order valence-corrected chi connectivity index (χ0v) is 30.7. The number of hydrogen-bond donors (Lipinski definition) is 0. The molecule has 0 unspecified atom stereocenters. The summed E-state index contributed by atoms with van der Waals surface area (Å²) in [7, 11) is 0. The van der Waals surface area contributed by atoms with Crippen molar-refractivity contribution in [3.63, 3.8) is 0 Å². The predicted octanol–water partition coefficient (Wildman–Crippen LogP) is 14.4. The Kier molecular flexibility index (Phi) is 3.40. The van der Waals surface area contributed by atoms with E-state index in [1.165, 1.54) is 0 Å². The van der Waals surface area contributed by atoms with Gasteiger partial charge < -0.3 is 4.57 Å². The first-order valence-corrected chi connectivity index (χ1v) is 17.9. The summed E-state index contributed by atoms with van der Waals surface area (Å²) in [4.78, 5) is 13.6. The molecular weight excluding hydrogens is 755 g/mol. The Hall–Kier alpha value is -8.41. The molecule has 0 amide bonds. The van der Waals surface area contributed by atoms with Gasteiger partial charge in [0.1, 0.15) is 0 Å². The van der Waals surface area contributed by atoms with Crippen molar-refractivity contribution in [2.75, 3.05) is 0 Å². The first kappa shape index (κ1) is 14.4. The molecule has 5 nitrogen and oxygen atoms in total. The van der Waals surface area contributed by atoms with Crippen LogP contribution in [0.3, 0.4) is 0 Å². The van der Waals surface area contributed by atoms with Crippen LogP contribution in [-0.2, 0) is 0 Å². The molecular formula is C57H37N5. The maximum atomic E-state index is 9.97. The number of rotatable bonds is 7. The van der Waals surface area contributed by atoms with Gasteiger partial charge in [-0.1, -0.05) is 193 Å². The Morgan fingerprint density at radius 2 is 0.710 bits per heavy atom. The van der Waals surface area contributed by atoms with Crippen LogP contribution in [0.5, 0.6) is 0 Å². The van der Waals surface area contributed by atoms with Gasteiger partial charge in [-0.25, -0.2) is 4.98 Å². The highest BCUT2D eigenvalue weighted by molar-refractivity contribution is 6.23. The van der Waals surface area contributed by atoms with Gasteiger partial charge in [0.15, 0.2) is 11.6 Å². The molecule has 290 valence electrons. The molecule has 0 saturated carbocycles. The lowest BCUT2D eigenvalue weighted by atomic mass is 10.0. The van der Waals surface area contributed by atoms with E-state index in [4.69, 9.17) is 30.2 Å². The molecule has 0 aliphatic carbocycles. The molecule has 3 heterocycles. The maximum Gasteiger partial charge on any atom is 0.238 e. The molecule has 62 heavy (non-hydrogen) atoms. The SMILES string of the molecule is [2H]c1c([2H])c([2H])c(-c2c([2H])c([2H])c(-c3nc(-c4c([2H])c([2H])c([2H])c(-c5c([2H])c([2H])c([2H])c([2H])c5[2H])c4[2H])nc(-n4c5c([2H])c([2H])c([2H])c([2H])c5c5c([2H])c([2H])c6c7c([2H])c([2H])c([2H])c([2H])c7n(-c7c([2H])c([2H])c([2H])c(-c8c([2H])c([2H])c([2H])c([2H])c8[2H])c7[2H])c6c54)n3)c([2H])c2[2H])c([2H])c1[2H]. The Balaban J connectivity index is 1.38. The maximum absolute atomic E-state index is 9.97. The second-order valence-corrected chi connectivity index (χ2v) is 12.8. The van der Waals surface area contributed by atoms with Gasteiger partial charge in [0, 0.05) is 38.4 Å². The fourth-order valence-electron chi connectivity index (χ4n) is 6.75. The molecule has 12 aromatic rings. The molecule has 0 N–H and O–H groups in total. The fraction of sp³-hybridized carbons (Fsp3) is 0. The number of benzene rings is 9. The van der Waals surface area contributed by atoms with Gasteiger partial charge in [-0.15, -0.1) is 0 Å². The van der Waals surface area contributed by atoms with E-state index in [0.29, 0.717) is 9.13 Å². The molecule has 0 aliphatic rings. The molecule has 0 atom stereocenters. The molecule has 0 aliphatic heterocycles. The summed E-state index contributed by atoms with van der Waals surface area (Å²) in [6.07, 6.45) is 0. The van der Waals surface area contributed by atoms with Crippen molar-refractivity contribution in [3.05, 3.63) is 224 Å². The van der Waals surface area contributed by atoms with Gasteiger partial charge >= 0.3 is 0 Å². The molecule has 0 saturated heterocycles. The Labute approximate surface area is 410 Å². The first-order chi connectivity index (χ1) is 46.1. The Morgan fingerprint density at radius 3 is 1.32 bits per heavy atom. The van der Waals surface area contributed by atoms with Gasteiger partial charge in [0.25, 0.3) is 0 Å². The third-order valence-corrected chi connectivity index (χ3v) is 9.35. The smallest absolute Gasteiger partial charge is 0.238 e. The highest BCUT2D eigenvalue weighted by atomic mass is 15.2. The van der Waals surface area contributed by atoms with E-state index in [1.54, 1.807) is 0 Å². The van der Waals surface area contributed by atoms with Gasteiger partial charge in [-0.05, 0) is 63.6 Å². The third-order valence-electron chi connectivity index (χ3n) is 9.35. The van der Waals surface area contributed by atoms with Crippen molar-refractivity contribution < 1.29 is 50.7 Å². The summed E-state index contributed by atoms with van der Waals surface area (Å²) in [5.41, 5.74) is -11.8.